The molecule has 21 heavy (non-hydrogen) atoms. The number of nitrogens with one attached hydrogen (secondary N) is 1. The third-order valence-electron chi connectivity index (χ3n) is 3.89. The second kappa shape index (κ2) is 6.10. The Bertz CT molecular complexity index is 658. The number of hydrogen-bond donors (Lipinski definition) is 2. The standard InChI is InChI=1S/C16H19N3O2/c20-11-12-5-8-16(21)19(10-12)14-6-7-15(17-9-14)18-13-3-1-2-4-13/h5-10,13,20H,1-4,11H2,(H,17,18). The van der Waals surface area contributed by atoms with Crippen LogP contribution in [0.5, 0.6) is 0 Å². The average Bonchev–Trinajstić information content (AvgIpc) is 3.02. The molecule has 0 amide bonds. The first-order valence-corrected chi connectivity index (χ1v) is 7.32. The summed E-state index contributed by atoms with van der Waals surface area (Å²) < 4.78 is 1.50. The Morgan fingerprint density at radius 1 is 1.24 bits per heavy atom. The topological polar surface area (TPSA) is 67.2 Å². The summed E-state index contributed by atoms with van der Waals surface area (Å²) in [7, 11) is 0. The molecule has 0 aliphatic heterocycles. The number of rotatable bonds is 4. The average molecular weight is 285 g/mol. The van der Waals surface area contributed by atoms with Gasteiger partial charge in [0.1, 0.15) is 5.82 Å². The minimum Gasteiger partial charge on any atom is -0.392 e. The van der Waals surface area contributed by atoms with Crippen LogP contribution >= 0.6 is 0 Å². The van der Waals surface area contributed by atoms with Crippen LogP contribution in [0.2, 0.25) is 0 Å². The smallest absolute Gasteiger partial charge is 0.255 e. The zero-order valence-corrected chi connectivity index (χ0v) is 11.8. The van der Waals surface area contributed by atoms with Gasteiger partial charge in [0.15, 0.2) is 0 Å². The Hall–Kier alpha value is -2.14. The number of aromatic nitrogens is 2. The number of hydrogen-bond acceptors (Lipinski definition) is 4. The summed E-state index contributed by atoms with van der Waals surface area (Å²) >= 11 is 0. The zero-order chi connectivity index (χ0) is 14.7. The van der Waals surface area contributed by atoms with Gasteiger partial charge >= 0.3 is 0 Å². The molecule has 0 bridgehead atoms. The van der Waals surface area contributed by atoms with E-state index >= 15 is 0 Å². The van der Waals surface area contributed by atoms with E-state index in [1.54, 1.807) is 18.5 Å². The van der Waals surface area contributed by atoms with Gasteiger partial charge in [0, 0.05) is 18.3 Å². The summed E-state index contributed by atoms with van der Waals surface area (Å²) in [5.74, 6) is 0.844. The van der Waals surface area contributed by atoms with Crippen molar-refractivity contribution in [2.75, 3.05) is 5.32 Å². The van der Waals surface area contributed by atoms with Crippen LogP contribution in [-0.2, 0) is 6.61 Å². The second-order valence-corrected chi connectivity index (χ2v) is 5.43. The lowest BCUT2D eigenvalue weighted by Gasteiger charge is -2.13. The van der Waals surface area contributed by atoms with Crippen LogP contribution in [0.15, 0.2) is 41.5 Å². The maximum atomic E-state index is 11.9. The van der Waals surface area contributed by atoms with E-state index < -0.39 is 0 Å². The molecule has 110 valence electrons. The summed E-state index contributed by atoms with van der Waals surface area (Å²) in [6, 6.07) is 7.36. The third kappa shape index (κ3) is 3.13. The van der Waals surface area contributed by atoms with E-state index in [-0.39, 0.29) is 12.2 Å². The van der Waals surface area contributed by atoms with Crippen molar-refractivity contribution in [3.63, 3.8) is 0 Å². The van der Waals surface area contributed by atoms with Gasteiger partial charge in [-0.25, -0.2) is 4.98 Å². The highest BCUT2D eigenvalue weighted by atomic mass is 16.3. The normalized spacial score (nSPS) is 15.3. The molecule has 2 aromatic rings. The highest BCUT2D eigenvalue weighted by Gasteiger charge is 2.14. The molecule has 0 aromatic carbocycles. The number of pyridine rings is 2. The molecule has 5 nitrogen and oxygen atoms in total. The van der Waals surface area contributed by atoms with E-state index in [1.807, 2.05) is 12.1 Å². The molecule has 2 aromatic heterocycles. The number of anilines is 1. The van der Waals surface area contributed by atoms with Crippen molar-refractivity contribution in [1.82, 2.24) is 9.55 Å². The molecule has 1 aliphatic carbocycles. The van der Waals surface area contributed by atoms with E-state index in [2.05, 4.69) is 10.3 Å². The molecule has 0 saturated heterocycles. The first kappa shape index (κ1) is 13.8. The van der Waals surface area contributed by atoms with Crippen molar-refractivity contribution in [2.45, 2.75) is 38.3 Å². The van der Waals surface area contributed by atoms with Crippen molar-refractivity contribution >= 4 is 5.82 Å². The van der Waals surface area contributed by atoms with Gasteiger partial charge in [0.2, 0.25) is 0 Å². The fourth-order valence-corrected chi connectivity index (χ4v) is 2.72. The van der Waals surface area contributed by atoms with Crippen LogP contribution in [0.3, 0.4) is 0 Å². The first-order valence-electron chi connectivity index (χ1n) is 7.32. The largest absolute Gasteiger partial charge is 0.392 e. The van der Waals surface area contributed by atoms with Crippen molar-refractivity contribution in [3.8, 4) is 5.69 Å². The minimum atomic E-state index is -0.134. The minimum absolute atomic E-state index is 0.0883. The highest BCUT2D eigenvalue weighted by molar-refractivity contribution is 5.42. The summed E-state index contributed by atoms with van der Waals surface area (Å²) in [4.78, 5) is 16.3. The SMILES string of the molecule is O=c1ccc(CO)cn1-c1ccc(NC2CCCC2)nc1. The number of nitrogens with zero attached hydrogens (tertiary/aromatic N) is 2. The van der Waals surface area contributed by atoms with Crippen LogP contribution in [0.1, 0.15) is 31.2 Å². The van der Waals surface area contributed by atoms with E-state index in [0.29, 0.717) is 17.3 Å². The van der Waals surface area contributed by atoms with Crippen LogP contribution in [0.25, 0.3) is 5.69 Å². The van der Waals surface area contributed by atoms with Gasteiger partial charge in [-0.05, 0) is 36.6 Å². The molecule has 1 fully saturated rings. The van der Waals surface area contributed by atoms with Crippen molar-refractivity contribution in [1.29, 1.82) is 0 Å². The summed E-state index contributed by atoms with van der Waals surface area (Å²) in [6.45, 7) is -0.0883. The Balaban J connectivity index is 1.81. The molecule has 0 atom stereocenters. The van der Waals surface area contributed by atoms with Gasteiger partial charge in [0.05, 0.1) is 18.5 Å². The fraction of sp³-hybridized carbons (Fsp3) is 0.375. The van der Waals surface area contributed by atoms with E-state index in [9.17, 15) is 4.79 Å². The van der Waals surface area contributed by atoms with Gasteiger partial charge in [-0.1, -0.05) is 12.8 Å². The molecule has 2 heterocycles. The van der Waals surface area contributed by atoms with Crippen LogP contribution in [0.4, 0.5) is 5.82 Å². The Kier molecular flexibility index (Phi) is 4.01. The Morgan fingerprint density at radius 3 is 2.71 bits per heavy atom. The van der Waals surface area contributed by atoms with Crippen molar-refractivity contribution in [2.24, 2.45) is 0 Å². The molecule has 1 aliphatic rings. The van der Waals surface area contributed by atoms with E-state index in [1.165, 1.54) is 36.3 Å². The monoisotopic (exact) mass is 285 g/mol. The molecular formula is C16H19N3O2. The summed E-state index contributed by atoms with van der Waals surface area (Å²) in [6.07, 6.45) is 8.27. The fourth-order valence-electron chi connectivity index (χ4n) is 2.72. The summed E-state index contributed by atoms with van der Waals surface area (Å²) in [5.41, 5.74) is 1.26. The lowest BCUT2D eigenvalue weighted by atomic mass is 10.2. The number of aliphatic hydroxyl groups excluding tert-OH is 1. The highest BCUT2D eigenvalue weighted by Crippen LogP contribution is 2.21. The Morgan fingerprint density at radius 2 is 2.05 bits per heavy atom. The maximum Gasteiger partial charge on any atom is 0.255 e. The molecule has 3 rings (SSSR count). The van der Waals surface area contributed by atoms with Crippen LogP contribution < -0.4 is 10.9 Å². The number of aliphatic hydroxyl groups is 1. The van der Waals surface area contributed by atoms with Gasteiger partial charge in [-0.15, -0.1) is 0 Å². The first-order chi connectivity index (χ1) is 10.3. The zero-order valence-electron chi connectivity index (χ0n) is 11.8. The molecule has 0 unspecified atom stereocenters. The van der Waals surface area contributed by atoms with Crippen molar-refractivity contribution < 1.29 is 5.11 Å². The molecule has 1 saturated carbocycles. The van der Waals surface area contributed by atoms with Crippen LogP contribution in [-0.4, -0.2) is 20.7 Å². The van der Waals surface area contributed by atoms with Gasteiger partial charge < -0.3 is 10.4 Å². The Labute approximate surface area is 123 Å². The third-order valence-corrected chi connectivity index (χ3v) is 3.89. The maximum absolute atomic E-state index is 11.9. The van der Waals surface area contributed by atoms with E-state index in [4.69, 9.17) is 5.11 Å². The van der Waals surface area contributed by atoms with Crippen LogP contribution in [0, 0.1) is 0 Å². The predicted molar refractivity (Wildman–Crippen MR) is 81.6 cm³/mol. The molecule has 2 N–H and O–H groups in total. The lowest BCUT2D eigenvalue weighted by Crippen LogP contribution is -2.18. The van der Waals surface area contributed by atoms with E-state index in [0.717, 1.165) is 5.82 Å². The predicted octanol–water partition coefficient (Wildman–Crippen LogP) is 2.08. The van der Waals surface area contributed by atoms with Crippen molar-refractivity contribution in [3.05, 3.63) is 52.6 Å². The van der Waals surface area contributed by atoms with Gasteiger partial charge in [0.25, 0.3) is 5.56 Å². The molecule has 0 spiro atoms. The van der Waals surface area contributed by atoms with Gasteiger partial charge in [-0.2, -0.15) is 0 Å². The summed E-state index contributed by atoms with van der Waals surface area (Å²) in [5, 5.41) is 12.6. The molecule has 0 radical (unpaired) electrons. The second-order valence-electron chi connectivity index (χ2n) is 5.43. The molecular weight excluding hydrogens is 266 g/mol. The van der Waals surface area contributed by atoms with Gasteiger partial charge in [-0.3, -0.25) is 9.36 Å². The quantitative estimate of drug-likeness (QED) is 0.902. The molecule has 5 heteroatoms. The lowest BCUT2D eigenvalue weighted by molar-refractivity contribution is 0.281.